The molecule has 5 heteroatoms. The number of amides is 1. The van der Waals surface area contributed by atoms with Crippen LogP contribution in [0.2, 0.25) is 0 Å². The highest BCUT2D eigenvalue weighted by Gasteiger charge is 2.25. The van der Waals surface area contributed by atoms with E-state index in [1.54, 1.807) is 31.0 Å². The Morgan fingerprint density at radius 2 is 2.00 bits per heavy atom. The maximum atomic E-state index is 12.2. The molecule has 0 fully saturated rings. The van der Waals surface area contributed by atoms with Gasteiger partial charge in [-0.2, -0.15) is 5.10 Å². The number of carbonyl (C=O) groups excluding carboxylic acids is 1. The first kappa shape index (κ1) is 16.2. The third-order valence-electron chi connectivity index (χ3n) is 4.14. The van der Waals surface area contributed by atoms with Gasteiger partial charge in [-0.05, 0) is 23.3 Å². The third kappa shape index (κ3) is 3.63. The first-order valence-electron chi connectivity index (χ1n) is 7.90. The van der Waals surface area contributed by atoms with Gasteiger partial charge in [0, 0.05) is 18.8 Å². The van der Waals surface area contributed by atoms with E-state index in [1.807, 2.05) is 42.5 Å². The number of hydrogen-bond acceptors (Lipinski definition) is 3. The van der Waals surface area contributed by atoms with Crippen LogP contribution in [0.25, 0.3) is 10.8 Å². The lowest BCUT2D eigenvalue weighted by Crippen LogP contribution is -2.39. The van der Waals surface area contributed by atoms with Gasteiger partial charge in [0.15, 0.2) is 0 Å². The van der Waals surface area contributed by atoms with Gasteiger partial charge in [0.25, 0.3) is 0 Å². The van der Waals surface area contributed by atoms with E-state index in [0.29, 0.717) is 5.56 Å². The van der Waals surface area contributed by atoms with Crippen molar-refractivity contribution in [1.29, 1.82) is 0 Å². The van der Waals surface area contributed by atoms with E-state index >= 15 is 0 Å². The highest BCUT2D eigenvalue weighted by Crippen LogP contribution is 2.19. The van der Waals surface area contributed by atoms with Crippen LogP contribution in [0.15, 0.2) is 54.9 Å². The zero-order chi connectivity index (χ0) is 17.2. The molecule has 0 bridgehead atoms. The molecule has 2 aromatic carbocycles. The van der Waals surface area contributed by atoms with Crippen LogP contribution in [0.4, 0.5) is 0 Å². The second-order valence-electron chi connectivity index (χ2n) is 6.31. The molecule has 1 aromatic heterocycles. The first-order valence-corrected chi connectivity index (χ1v) is 7.90. The van der Waals surface area contributed by atoms with Gasteiger partial charge in [-0.1, -0.05) is 42.5 Å². The highest BCUT2D eigenvalue weighted by molar-refractivity contribution is 5.85. The topological polar surface area (TPSA) is 67.2 Å². The van der Waals surface area contributed by atoms with Crippen molar-refractivity contribution in [1.82, 2.24) is 15.1 Å². The number of aromatic nitrogens is 2. The standard InChI is InChI=1S/C19H21N3O2/c1-19(24,17-11-21-22(2)12-17)13-20-18(23)10-14-7-8-15-5-3-4-6-16(15)9-14/h3-9,11-12,24H,10,13H2,1-2H3,(H,20,23). The van der Waals surface area contributed by atoms with E-state index in [0.717, 1.165) is 16.3 Å². The van der Waals surface area contributed by atoms with Gasteiger partial charge in [-0.15, -0.1) is 0 Å². The fourth-order valence-electron chi connectivity index (χ4n) is 2.67. The maximum absolute atomic E-state index is 12.2. The van der Waals surface area contributed by atoms with Crippen molar-refractivity contribution in [3.63, 3.8) is 0 Å². The minimum Gasteiger partial charge on any atom is -0.383 e. The molecule has 0 aliphatic carbocycles. The number of fused-ring (bicyclic) bond motifs is 1. The van der Waals surface area contributed by atoms with Crippen molar-refractivity contribution in [3.8, 4) is 0 Å². The zero-order valence-electron chi connectivity index (χ0n) is 13.9. The van der Waals surface area contributed by atoms with Gasteiger partial charge in [-0.25, -0.2) is 0 Å². The van der Waals surface area contributed by atoms with E-state index in [4.69, 9.17) is 0 Å². The van der Waals surface area contributed by atoms with Gasteiger partial charge >= 0.3 is 0 Å². The summed E-state index contributed by atoms with van der Waals surface area (Å²) >= 11 is 0. The van der Waals surface area contributed by atoms with Crippen molar-refractivity contribution < 1.29 is 9.90 Å². The molecule has 1 heterocycles. The monoisotopic (exact) mass is 323 g/mol. The molecule has 0 radical (unpaired) electrons. The quantitative estimate of drug-likeness (QED) is 0.756. The lowest BCUT2D eigenvalue weighted by molar-refractivity contribution is -0.121. The van der Waals surface area contributed by atoms with Crippen molar-refractivity contribution in [2.45, 2.75) is 18.9 Å². The average Bonchev–Trinajstić information content (AvgIpc) is 3.00. The SMILES string of the molecule is Cn1cc(C(C)(O)CNC(=O)Cc2ccc3ccccc3c2)cn1. The Morgan fingerprint density at radius 1 is 1.25 bits per heavy atom. The van der Waals surface area contributed by atoms with Crippen LogP contribution < -0.4 is 5.32 Å². The summed E-state index contributed by atoms with van der Waals surface area (Å²) in [6, 6.07) is 14.1. The highest BCUT2D eigenvalue weighted by atomic mass is 16.3. The molecule has 0 aliphatic rings. The number of aryl methyl sites for hydroxylation is 1. The van der Waals surface area contributed by atoms with E-state index in [2.05, 4.69) is 10.4 Å². The summed E-state index contributed by atoms with van der Waals surface area (Å²) in [6.45, 7) is 1.81. The van der Waals surface area contributed by atoms with E-state index in [1.165, 1.54) is 0 Å². The Balaban J connectivity index is 1.62. The van der Waals surface area contributed by atoms with Gasteiger partial charge < -0.3 is 10.4 Å². The number of rotatable bonds is 5. The predicted octanol–water partition coefficient (Wildman–Crippen LogP) is 2.14. The Kier molecular flexibility index (Phi) is 4.36. The third-order valence-corrected chi connectivity index (χ3v) is 4.14. The summed E-state index contributed by atoms with van der Waals surface area (Å²) in [5, 5.41) is 19.6. The molecule has 3 aromatic rings. The van der Waals surface area contributed by atoms with E-state index < -0.39 is 5.60 Å². The molecular weight excluding hydrogens is 302 g/mol. The summed E-state index contributed by atoms with van der Waals surface area (Å²) in [5.74, 6) is -0.116. The van der Waals surface area contributed by atoms with Gasteiger partial charge in [0.2, 0.25) is 5.91 Å². The number of nitrogens with zero attached hydrogens (tertiary/aromatic N) is 2. The van der Waals surface area contributed by atoms with Crippen LogP contribution in [0.1, 0.15) is 18.1 Å². The Labute approximate surface area is 140 Å². The van der Waals surface area contributed by atoms with Crippen LogP contribution >= 0.6 is 0 Å². The van der Waals surface area contributed by atoms with Crippen LogP contribution in [0.3, 0.4) is 0 Å². The number of aliphatic hydroxyl groups is 1. The summed E-state index contributed by atoms with van der Waals surface area (Å²) in [6.07, 6.45) is 3.64. The largest absolute Gasteiger partial charge is 0.383 e. The van der Waals surface area contributed by atoms with Crippen molar-refractivity contribution in [2.24, 2.45) is 7.05 Å². The van der Waals surface area contributed by atoms with Crippen LogP contribution in [-0.4, -0.2) is 27.3 Å². The molecule has 3 rings (SSSR count). The molecule has 0 saturated carbocycles. The number of carbonyl (C=O) groups is 1. The fourth-order valence-corrected chi connectivity index (χ4v) is 2.67. The van der Waals surface area contributed by atoms with Crippen molar-refractivity contribution in [3.05, 3.63) is 66.0 Å². The summed E-state index contributed by atoms with van der Waals surface area (Å²) in [4.78, 5) is 12.2. The van der Waals surface area contributed by atoms with Gasteiger partial charge in [-0.3, -0.25) is 9.48 Å². The van der Waals surface area contributed by atoms with Crippen LogP contribution in [-0.2, 0) is 23.9 Å². The summed E-state index contributed by atoms with van der Waals surface area (Å²) in [7, 11) is 1.79. The molecule has 1 atom stereocenters. The van der Waals surface area contributed by atoms with Crippen LogP contribution in [0, 0.1) is 0 Å². The Hall–Kier alpha value is -2.66. The second kappa shape index (κ2) is 6.45. The summed E-state index contributed by atoms with van der Waals surface area (Å²) < 4.78 is 1.63. The summed E-state index contributed by atoms with van der Waals surface area (Å²) in [5.41, 5.74) is 0.482. The minimum absolute atomic E-state index is 0.116. The fraction of sp³-hybridized carbons (Fsp3) is 0.263. The molecule has 1 unspecified atom stereocenters. The Morgan fingerprint density at radius 3 is 2.71 bits per heavy atom. The Bertz CT molecular complexity index is 868. The van der Waals surface area contributed by atoms with E-state index in [-0.39, 0.29) is 18.9 Å². The molecule has 5 nitrogen and oxygen atoms in total. The van der Waals surface area contributed by atoms with E-state index in [9.17, 15) is 9.90 Å². The lowest BCUT2D eigenvalue weighted by atomic mass is 9.99. The minimum atomic E-state index is -1.15. The molecule has 1 amide bonds. The van der Waals surface area contributed by atoms with Crippen molar-refractivity contribution >= 4 is 16.7 Å². The smallest absolute Gasteiger partial charge is 0.224 e. The zero-order valence-corrected chi connectivity index (χ0v) is 13.9. The molecule has 24 heavy (non-hydrogen) atoms. The van der Waals surface area contributed by atoms with Crippen molar-refractivity contribution in [2.75, 3.05) is 6.54 Å². The second-order valence-corrected chi connectivity index (χ2v) is 6.31. The average molecular weight is 323 g/mol. The number of nitrogens with one attached hydrogen (secondary N) is 1. The van der Waals surface area contributed by atoms with Crippen LogP contribution in [0.5, 0.6) is 0 Å². The number of hydrogen-bond donors (Lipinski definition) is 2. The molecule has 2 N–H and O–H groups in total. The first-order chi connectivity index (χ1) is 11.4. The predicted molar refractivity (Wildman–Crippen MR) is 93.4 cm³/mol. The normalized spacial score (nSPS) is 13.6. The molecule has 0 aliphatic heterocycles. The molecule has 124 valence electrons. The molecular formula is C19H21N3O2. The lowest BCUT2D eigenvalue weighted by Gasteiger charge is -2.22. The van der Waals surface area contributed by atoms with Gasteiger partial charge in [0.05, 0.1) is 19.2 Å². The van der Waals surface area contributed by atoms with Gasteiger partial charge in [0.1, 0.15) is 5.60 Å². The molecule has 0 saturated heterocycles. The maximum Gasteiger partial charge on any atom is 0.224 e. The number of benzene rings is 2. The molecule has 0 spiro atoms.